The van der Waals surface area contributed by atoms with Crippen molar-refractivity contribution in [3.63, 3.8) is 0 Å². The highest BCUT2D eigenvalue weighted by Gasteiger charge is 2.10. The molecule has 0 aliphatic rings. The van der Waals surface area contributed by atoms with Crippen molar-refractivity contribution in [2.45, 2.75) is 20.3 Å². The van der Waals surface area contributed by atoms with Crippen molar-refractivity contribution in [3.8, 4) is 0 Å². The third kappa shape index (κ3) is 2.93. The Bertz CT molecular complexity index is 425. The van der Waals surface area contributed by atoms with Crippen molar-refractivity contribution >= 4 is 5.71 Å². The number of rotatable bonds is 4. The Kier molecular flexibility index (Phi) is 4.71. The lowest BCUT2D eigenvalue weighted by Gasteiger charge is -2.03. The summed E-state index contributed by atoms with van der Waals surface area (Å²) in [5, 5.41) is 0. The lowest BCUT2D eigenvalue weighted by atomic mass is 10.0. The molecule has 0 N–H and O–H groups in total. The minimum Gasteiger partial charge on any atom is -0.202 e. The van der Waals surface area contributed by atoms with Crippen LogP contribution in [0.2, 0.25) is 0 Å². The van der Waals surface area contributed by atoms with Crippen molar-refractivity contribution < 1.29 is 4.58 Å². The second-order valence-corrected chi connectivity index (χ2v) is 3.80. The Morgan fingerprint density at radius 2 is 2.06 bits per heavy atom. The van der Waals surface area contributed by atoms with Gasteiger partial charge in [0.1, 0.15) is 7.05 Å². The predicted molar refractivity (Wildman–Crippen MR) is 71.1 cm³/mol. The van der Waals surface area contributed by atoms with Crippen LogP contribution in [0, 0.1) is 6.92 Å². The first-order chi connectivity index (χ1) is 7.70. The van der Waals surface area contributed by atoms with Crippen LogP contribution in [0.5, 0.6) is 0 Å². The van der Waals surface area contributed by atoms with Crippen LogP contribution >= 0.6 is 0 Å². The molecule has 0 saturated carbocycles. The number of allylic oxidation sites excluding steroid dienone is 2. The average molecular weight is 214 g/mol. The van der Waals surface area contributed by atoms with Gasteiger partial charge in [-0.3, -0.25) is 0 Å². The highest BCUT2D eigenvalue weighted by Crippen LogP contribution is 2.09. The Morgan fingerprint density at radius 3 is 2.62 bits per heavy atom. The summed E-state index contributed by atoms with van der Waals surface area (Å²) >= 11 is 0. The van der Waals surface area contributed by atoms with Gasteiger partial charge in [0, 0.05) is 11.6 Å². The number of hydrogen-bond acceptors (Lipinski definition) is 0. The van der Waals surface area contributed by atoms with Crippen LogP contribution < -0.4 is 0 Å². The number of nitrogens with zero attached hydrogens (tertiary/aromatic N) is 1. The third-order valence-corrected chi connectivity index (χ3v) is 2.59. The molecule has 1 heteroatoms. The molecule has 0 spiro atoms. The van der Waals surface area contributed by atoms with Gasteiger partial charge in [-0.15, -0.1) is 0 Å². The van der Waals surface area contributed by atoms with Gasteiger partial charge in [-0.1, -0.05) is 31.2 Å². The highest BCUT2D eigenvalue weighted by molar-refractivity contribution is 6.06. The minimum absolute atomic E-state index is 1.04. The molecule has 0 radical (unpaired) electrons. The van der Waals surface area contributed by atoms with Gasteiger partial charge in [0.25, 0.3) is 0 Å². The summed E-state index contributed by atoms with van der Waals surface area (Å²) in [6, 6.07) is 8.41. The Morgan fingerprint density at radius 1 is 1.38 bits per heavy atom. The van der Waals surface area contributed by atoms with Gasteiger partial charge >= 0.3 is 0 Å². The maximum Gasteiger partial charge on any atom is 0.212 e. The standard InChI is InChI=1S/C15H20N/c1-5-7-12-15(16(4)6-2)14-11-9-8-10-13(14)3/h6-12H,2,5H2,1,3-4H3/q+1/b12-7-,16-15+. The van der Waals surface area contributed by atoms with Crippen LogP contribution in [-0.4, -0.2) is 17.3 Å². The average Bonchev–Trinajstić information content (AvgIpc) is 2.31. The molecule has 0 aliphatic heterocycles. The first kappa shape index (κ1) is 12.4. The Hall–Kier alpha value is -1.63. The summed E-state index contributed by atoms with van der Waals surface area (Å²) in [5.41, 5.74) is 3.73. The lowest BCUT2D eigenvalue weighted by molar-refractivity contribution is -0.420. The number of benzene rings is 1. The summed E-state index contributed by atoms with van der Waals surface area (Å²) in [7, 11) is 2.02. The number of aryl methyl sites for hydroxylation is 1. The molecule has 1 rings (SSSR count). The molecule has 1 nitrogen and oxygen atoms in total. The fourth-order valence-corrected chi connectivity index (χ4v) is 1.59. The van der Waals surface area contributed by atoms with Gasteiger partial charge in [0.15, 0.2) is 6.20 Å². The molecule has 0 aromatic heterocycles. The molecule has 0 amide bonds. The zero-order valence-corrected chi connectivity index (χ0v) is 10.4. The van der Waals surface area contributed by atoms with E-state index in [1.54, 1.807) is 0 Å². The predicted octanol–water partition coefficient (Wildman–Crippen LogP) is 3.54. The quantitative estimate of drug-likeness (QED) is 0.533. The van der Waals surface area contributed by atoms with Crippen molar-refractivity contribution in [3.05, 3.63) is 60.3 Å². The van der Waals surface area contributed by atoms with Crippen LogP contribution in [0.15, 0.2) is 49.2 Å². The van der Waals surface area contributed by atoms with Crippen molar-refractivity contribution in [2.24, 2.45) is 0 Å². The van der Waals surface area contributed by atoms with Crippen molar-refractivity contribution in [1.29, 1.82) is 0 Å². The minimum atomic E-state index is 1.04. The van der Waals surface area contributed by atoms with E-state index in [0.29, 0.717) is 0 Å². The molecule has 1 aromatic rings. The Balaban J connectivity index is 3.28. The smallest absolute Gasteiger partial charge is 0.202 e. The highest BCUT2D eigenvalue weighted by atomic mass is 14.9. The zero-order valence-electron chi connectivity index (χ0n) is 10.4. The number of hydrogen-bond donors (Lipinski definition) is 0. The van der Waals surface area contributed by atoms with E-state index in [4.69, 9.17) is 0 Å². The monoisotopic (exact) mass is 214 g/mol. The van der Waals surface area contributed by atoms with E-state index in [-0.39, 0.29) is 0 Å². The van der Waals surface area contributed by atoms with Crippen LogP contribution in [0.25, 0.3) is 0 Å². The van der Waals surface area contributed by atoms with Gasteiger partial charge in [-0.2, -0.15) is 0 Å². The maximum absolute atomic E-state index is 3.82. The SMILES string of the molecule is C=C/[N+](C)=C(\C=C/CC)c1ccccc1C. The summed E-state index contributed by atoms with van der Waals surface area (Å²) in [6.45, 7) is 8.09. The third-order valence-electron chi connectivity index (χ3n) is 2.59. The second-order valence-electron chi connectivity index (χ2n) is 3.80. The summed E-state index contributed by atoms with van der Waals surface area (Å²) in [4.78, 5) is 0. The van der Waals surface area contributed by atoms with Crippen molar-refractivity contribution in [2.75, 3.05) is 7.05 Å². The summed E-state index contributed by atoms with van der Waals surface area (Å²) in [5.74, 6) is 0. The van der Waals surface area contributed by atoms with Gasteiger partial charge in [-0.25, -0.2) is 4.58 Å². The molecule has 0 fully saturated rings. The van der Waals surface area contributed by atoms with E-state index < -0.39 is 0 Å². The molecule has 84 valence electrons. The Labute approximate surface area is 98.4 Å². The van der Waals surface area contributed by atoms with Gasteiger partial charge in [0.05, 0.1) is 0 Å². The molecule has 0 unspecified atom stereocenters. The van der Waals surface area contributed by atoms with Crippen LogP contribution in [-0.2, 0) is 0 Å². The molecule has 1 aromatic carbocycles. The molecule has 0 aliphatic carbocycles. The van der Waals surface area contributed by atoms with E-state index in [1.165, 1.54) is 16.8 Å². The summed E-state index contributed by atoms with van der Waals surface area (Å²) < 4.78 is 2.05. The molecular formula is C15H20N+. The van der Waals surface area contributed by atoms with E-state index in [0.717, 1.165) is 6.42 Å². The van der Waals surface area contributed by atoms with Crippen molar-refractivity contribution in [1.82, 2.24) is 0 Å². The van der Waals surface area contributed by atoms with E-state index in [9.17, 15) is 0 Å². The largest absolute Gasteiger partial charge is 0.212 e. The fraction of sp³-hybridized carbons (Fsp3) is 0.267. The van der Waals surface area contributed by atoms with Crippen LogP contribution in [0.3, 0.4) is 0 Å². The first-order valence-corrected chi connectivity index (χ1v) is 5.65. The molecule has 0 saturated heterocycles. The summed E-state index contributed by atoms with van der Waals surface area (Å²) in [6.07, 6.45) is 7.20. The molecule has 0 atom stereocenters. The van der Waals surface area contributed by atoms with Gasteiger partial charge in [0.2, 0.25) is 5.71 Å². The van der Waals surface area contributed by atoms with E-state index in [2.05, 4.69) is 61.4 Å². The first-order valence-electron chi connectivity index (χ1n) is 5.65. The maximum atomic E-state index is 3.82. The van der Waals surface area contributed by atoms with Crippen LogP contribution in [0.4, 0.5) is 0 Å². The van der Waals surface area contributed by atoms with E-state index >= 15 is 0 Å². The lowest BCUT2D eigenvalue weighted by Crippen LogP contribution is -2.12. The fourth-order valence-electron chi connectivity index (χ4n) is 1.59. The van der Waals surface area contributed by atoms with E-state index in [1.807, 2.05) is 13.2 Å². The molecule has 0 heterocycles. The normalized spacial score (nSPS) is 12.7. The van der Waals surface area contributed by atoms with Gasteiger partial charge < -0.3 is 0 Å². The van der Waals surface area contributed by atoms with Gasteiger partial charge in [-0.05, 0) is 31.6 Å². The molecule has 0 bridgehead atoms. The second kappa shape index (κ2) is 6.06. The molecule has 16 heavy (non-hydrogen) atoms. The topological polar surface area (TPSA) is 3.01 Å². The molecular weight excluding hydrogens is 194 g/mol. The van der Waals surface area contributed by atoms with Crippen LogP contribution in [0.1, 0.15) is 24.5 Å². The zero-order chi connectivity index (χ0) is 12.0.